The molecule has 0 bridgehead atoms. The van der Waals surface area contributed by atoms with E-state index in [9.17, 15) is 4.79 Å². The third-order valence-electron chi connectivity index (χ3n) is 3.40. The first-order chi connectivity index (χ1) is 10.2. The predicted molar refractivity (Wildman–Crippen MR) is 82.5 cm³/mol. The van der Waals surface area contributed by atoms with Crippen LogP contribution >= 0.6 is 0 Å². The van der Waals surface area contributed by atoms with Crippen LogP contribution in [-0.4, -0.2) is 19.7 Å². The zero-order valence-electron chi connectivity index (χ0n) is 12.4. The maximum atomic E-state index is 11.9. The third-order valence-corrected chi connectivity index (χ3v) is 3.40. The molecular formula is C18H20O3. The van der Waals surface area contributed by atoms with Gasteiger partial charge in [0.25, 0.3) is 0 Å². The van der Waals surface area contributed by atoms with Crippen LogP contribution in [0.4, 0.5) is 0 Å². The van der Waals surface area contributed by atoms with Gasteiger partial charge in [0.2, 0.25) is 0 Å². The van der Waals surface area contributed by atoms with Gasteiger partial charge in [-0.3, -0.25) is 4.79 Å². The lowest BCUT2D eigenvalue weighted by Crippen LogP contribution is -2.11. The minimum Gasteiger partial charge on any atom is -0.497 e. The van der Waals surface area contributed by atoms with Gasteiger partial charge in [-0.2, -0.15) is 0 Å². The van der Waals surface area contributed by atoms with Crippen molar-refractivity contribution in [1.29, 1.82) is 0 Å². The summed E-state index contributed by atoms with van der Waals surface area (Å²) in [5.74, 6) is 0.625. The lowest BCUT2D eigenvalue weighted by atomic mass is 9.88. The lowest BCUT2D eigenvalue weighted by molar-refractivity contribution is -0.143. The molecule has 0 fully saturated rings. The van der Waals surface area contributed by atoms with Crippen LogP contribution in [0.5, 0.6) is 5.75 Å². The Morgan fingerprint density at radius 1 is 1.00 bits per heavy atom. The number of rotatable bonds is 6. The van der Waals surface area contributed by atoms with Crippen molar-refractivity contribution in [1.82, 2.24) is 0 Å². The van der Waals surface area contributed by atoms with Gasteiger partial charge in [-0.25, -0.2) is 0 Å². The summed E-state index contributed by atoms with van der Waals surface area (Å²) < 4.78 is 10.3. The Labute approximate surface area is 125 Å². The van der Waals surface area contributed by atoms with E-state index in [1.165, 1.54) is 0 Å². The quantitative estimate of drug-likeness (QED) is 0.757. The van der Waals surface area contributed by atoms with E-state index in [1.807, 2.05) is 61.5 Å². The molecule has 0 saturated carbocycles. The molecule has 1 atom stereocenters. The number of carbonyl (C=O) groups is 1. The summed E-state index contributed by atoms with van der Waals surface area (Å²) in [7, 11) is 1.64. The Morgan fingerprint density at radius 2 is 1.62 bits per heavy atom. The van der Waals surface area contributed by atoms with Crippen LogP contribution in [-0.2, 0) is 9.53 Å². The highest BCUT2D eigenvalue weighted by molar-refractivity contribution is 5.71. The summed E-state index contributed by atoms with van der Waals surface area (Å²) in [5.41, 5.74) is 2.19. The van der Waals surface area contributed by atoms with Crippen molar-refractivity contribution < 1.29 is 14.3 Å². The predicted octanol–water partition coefficient (Wildman–Crippen LogP) is 3.78. The molecule has 0 N–H and O–H groups in total. The summed E-state index contributed by atoms with van der Waals surface area (Å²) in [6, 6.07) is 17.8. The first kappa shape index (κ1) is 15.1. The molecule has 0 unspecified atom stereocenters. The summed E-state index contributed by atoms with van der Waals surface area (Å²) >= 11 is 0. The fourth-order valence-electron chi connectivity index (χ4n) is 2.34. The molecular weight excluding hydrogens is 264 g/mol. The van der Waals surface area contributed by atoms with Gasteiger partial charge < -0.3 is 9.47 Å². The van der Waals surface area contributed by atoms with Gasteiger partial charge in [-0.05, 0) is 30.2 Å². The van der Waals surface area contributed by atoms with Gasteiger partial charge in [-0.1, -0.05) is 42.5 Å². The van der Waals surface area contributed by atoms with Crippen LogP contribution < -0.4 is 4.74 Å². The highest BCUT2D eigenvalue weighted by atomic mass is 16.5. The summed E-state index contributed by atoms with van der Waals surface area (Å²) in [4.78, 5) is 11.9. The molecule has 3 heteroatoms. The van der Waals surface area contributed by atoms with Gasteiger partial charge in [-0.15, -0.1) is 0 Å². The van der Waals surface area contributed by atoms with Crippen molar-refractivity contribution in [3.05, 3.63) is 65.7 Å². The molecule has 0 aromatic heterocycles. The Bertz CT molecular complexity index is 561. The van der Waals surface area contributed by atoms with Crippen LogP contribution in [0.25, 0.3) is 0 Å². The van der Waals surface area contributed by atoms with Gasteiger partial charge in [0.05, 0.1) is 20.1 Å². The molecule has 0 aliphatic heterocycles. The van der Waals surface area contributed by atoms with Crippen molar-refractivity contribution in [2.45, 2.75) is 19.3 Å². The summed E-state index contributed by atoms with van der Waals surface area (Å²) in [5, 5.41) is 0. The van der Waals surface area contributed by atoms with Gasteiger partial charge in [0.1, 0.15) is 5.75 Å². The average molecular weight is 284 g/mol. The molecule has 3 nitrogen and oxygen atoms in total. The number of benzene rings is 2. The minimum absolute atomic E-state index is 0.00356. The second-order valence-corrected chi connectivity index (χ2v) is 4.75. The monoisotopic (exact) mass is 284 g/mol. The number of hydrogen-bond donors (Lipinski definition) is 0. The number of carbonyl (C=O) groups excluding carboxylic acids is 1. The maximum absolute atomic E-state index is 11.9. The standard InChI is InChI=1S/C18H20O3/c1-3-21-18(19)13-17(14-7-5-4-6-8-14)15-9-11-16(20-2)12-10-15/h4-12,17H,3,13H2,1-2H3/t17-/m0/s1. The highest BCUT2D eigenvalue weighted by Gasteiger charge is 2.18. The average Bonchev–Trinajstić information content (AvgIpc) is 2.54. The van der Waals surface area contributed by atoms with E-state index < -0.39 is 0 Å². The van der Waals surface area contributed by atoms with Gasteiger partial charge >= 0.3 is 5.97 Å². The Balaban J connectivity index is 2.28. The van der Waals surface area contributed by atoms with E-state index in [-0.39, 0.29) is 11.9 Å². The first-order valence-electron chi connectivity index (χ1n) is 7.09. The smallest absolute Gasteiger partial charge is 0.306 e. The van der Waals surface area contributed by atoms with E-state index in [0.717, 1.165) is 16.9 Å². The van der Waals surface area contributed by atoms with E-state index >= 15 is 0 Å². The molecule has 0 heterocycles. The van der Waals surface area contributed by atoms with Crippen LogP contribution in [0.2, 0.25) is 0 Å². The fraction of sp³-hybridized carbons (Fsp3) is 0.278. The lowest BCUT2D eigenvalue weighted by Gasteiger charge is -2.17. The fourth-order valence-corrected chi connectivity index (χ4v) is 2.34. The molecule has 0 aliphatic rings. The molecule has 2 aromatic carbocycles. The molecule has 0 saturated heterocycles. The minimum atomic E-state index is -0.179. The van der Waals surface area contributed by atoms with Crippen LogP contribution in [0.15, 0.2) is 54.6 Å². The molecule has 2 aromatic rings. The van der Waals surface area contributed by atoms with Crippen molar-refractivity contribution in [2.75, 3.05) is 13.7 Å². The zero-order chi connectivity index (χ0) is 15.1. The van der Waals surface area contributed by atoms with E-state index in [4.69, 9.17) is 9.47 Å². The van der Waals surface area contributed by atoms with Crippen LogP contribution in [0.1, 0.15) is 30.4 Å². The maximum Gasteiger partial charge on any atom is 0.306 e. The Kier molecular flexibility index (Phi) is 5.38. The molecule has 110 valence electrons. The third kappa shape index (κ3) is 4.09. The van der Waals surface area contributed by atoms with Crippen LogP contribution in [0.3, 0.4) is 0 Å². The van der Waals surface area contributed by atoms with Gasteiger partial charge in [0.15, 0.2) is 0 Å². The Hall–Kier alpha value is -2.29. The van der Waals surface area contributed by atoms with E-state index in [2.05, 4.69) is 0 Å². The molecule has 0 radical (unpaired) electrons. The summed E-state index contributed by atoms with van der Waals surface area (Å²) in [6.07, 6.45) is 0.337. The second kappa shape index (κ2) is 7.48. The van der Waals surface area contributed by atoms with Crippen molar-refractivity contribution in [3.63, 3.8) is 0 Å². The molecule has 21 heavy (non-hydrogen) atoms. The molecule has 0 spiro atoms. The van der Waals surface area contributed by atoms with Gasteiger partial charge in [0, 0.05) is 5.92 Å². The summed E-state index contributed by atoms with van der Waals surface area (Å²) in [6.45, 7) is 2.23. The second-order valence-electron chi connectivity index (χ2n) is 4.75. The van der Waals surface area contributed by atoms with Crippen LogP contribution in [0, 0.1) is 0 Å². The van der Waals surface area contributed by atoms with E-state index in [1.54, 1.807) is 7.11 Å². The zero-order valence-corrected chi connectivity index (χ0v) is 12.4. The number of esters is 1. The number of hydrogen-bond acceptors (Lipinski definition) is 3. The SMILES string of the molecule is CCOC(=O)C[C@@H](c1ccccc1)c1ccc(OC)cc1. The van der Waals surface area contributed by atoms with Crippen molar-refractivity contribution in [2.24, 2.45) is 0 Å². The normalized spacial score (nSPS) is 11.7. The topological polar surface area (TPSA) is 35.5 Å². The number of ether oxygens (including phenoxy) is 2. The molecule has 0 aliphatic carbocycles. The van der Waals surface area contributed by atoms with Crippen molar-refractivity contribution >= 4 is 5.97 Å². The molecule has 2 rings (SSSR count). The first-order valence-corrected chi connectivity index (χ1v) is 7.09. The van der Waals surface area contributed by atoms with Crippen molar-refractivity contribution in [3.8, 4) is 5.75 Å². The highest BCUT2D eigenvalue weighted by Crippen LogP contribution is 2.29. The Morgan fingerprint density at radius 3 is 2.19 bits per heavy atom. The largest absolute Gasteiger partial charge is 0.497 e. The molecule has 0 amide bonds. The number of methoxy groups -OCH3 is 1. The van der Waals surface area contributed by atoms with E-state index in [0.29, 0.717) is 13.0 Å².